The number of thiophene rings is 1. The normalized spacial score (nSPS) is 13.8. The number of para-hydroxylation sites is 1. The number of carbonyl (C=O) groups excluding carboxylic acids is 1. The first-order valence-corrected chi connectivity index (χ1v) is 8.93. The van der Waals surface area contributed by atoms with Gasteiger partial charge in [0.2, 0.25) is 0 Å². The molecule has 3 rings (SSSR count). The smallest absolute Gasteiger partial charge is 0.306 e. The van der Waals surface area contributed by atoms with Crippen molar-refractivity contribution in [3.05, 3.63) is 46.2 Å². The van der Waals surface area contributed by atoms with Gasteiger partial charge >= 0.3 is 5.97 Å². The van der Waals surface area contributed by atoms with Crippen molar-refractivity contribution in [3.63, 3.8) is 0 Å². The number of aromatic nitrogens is 3. The zero-order valence-electron chi connectivity index (χ0n) is 14.1. The summed E-state index contributed by atoms with van der Waals surface area (Å²) < 4.78 is 7.06. The Hall–Kier alpha value is -2.21. The SMILES string of the molecule is CCOC(=O)CC(C)C(c1ccc(C)s1)n1nnc2ccccc21. The lowest BCUT2D eigenvalue weighted by Gasteiger charge is -2.23. The van der Waals surface area contributed by atoms with Gasteiger partial charge in [0, 0.05) is 9.75 Å². The molecule has 6 heteroatoms. The van der Waals surface area contributed by atoms with Gasteiger partial charge in [-0.25, -0.2) is 4.68 Å². The van der Waals surface area contributed by atoms with Gasteiger partial charge in [-0.15, -0.1) is 16.4 Å². The number of fused-ring (bicyclic) bond motifs is 1. The zero-order chi connectivity index (χ0) is 17.1. The third-order valence-electron chi connectivity index (χ3n) is 4.03. The maximum atomic E-state index is 12.0. The molecule has 0 saturated heterocycles. The minimum Gasteiger partial charge on any atom is -0.466 e. The Kier molecular flexibility index (Phi) is 4.94. The third kappa shape index (κ3) is 3.33. The predicted molar refractivity (Wildman–Crippen MR) is 95.1 cm³/mol. The molecule has 24 heavy (non-hydrogen) atoms. The Balaban J connectivity index is 2.00. The first-order chi connectivity index (χ1) is 11.6. The summed E-state index contributed by atoms with van der Waals surface area (Å²) in [4.78, 5) is 14.4. The second-order valence-electron chi connectivity index (χ2n) is 5.90. The lowest BCUT2D eigenvalue weighted by Crippen LogP contribution is -2.22. The summed E-state index contributed by atoms with van der Waals surface area (Å²) >= 11 is 1.73. The number of esters is 1. The number of aryl methyl sites for hydroxylation is 1. The van der Waals surface area contributed by atoms with Crippen molar-refractivity contribution >= 4 is 28.3 Å². The first-order valence-electron chi connectivity index (χ1n) is 8.12. The highest BCUT2D eigenvalue weighted by molar-refractivity contribution is 7.12. The molecule has 2 heterocycles. The van der Waals surface area contributed by atoms with Gasteiger partial charge in [-0.3, -0.25) is 4.79 Å². The monoisotopic (exact) mass is 343 g/mol. The number of carbonyl (C=O) groups is 1. The summed E-state index contributed by atoms with van der Waals surface area (Å²) in [5, 5.41) is 8.65. The van der Waals surface area contributed by atoms with E-state index in [2.05, 4.69) is 36.3 Å². The van der Waals surface area contributed by atoms with Crippen LogP contribution in [0.3, 0.4) is 0 Å². The minimum atomic E-state index is -0.173. The summed E-state index contributed by atoms with van der Waals surface area (Å²) in [5.41, 5.74) is 1.84. The molecule has 5 nitrogen and oxygen atoms in total. The van der Waals surface area contributed by atoms with E-state index in [1.54, 1.807) is 11.3 Å². The van der Waals surface area contributed by atoms with Crippen molar-refractivity contribution in [1.82, 2.24) is 15.0 Å². The fraction of sp³-hybridized carbons (Fsp3) is 0.389. The van der Waals surface area contributed by atoms with Gasteiger partial charge in [-0.1, -0.05) is 24.3 Å². The molecule has 3 aromatic rings. The Bertz CT molecular complexity index is 840. The zero-order valence-corrected chi connectivity index (χ0v) is 14.9. The van der Waals surface area contributed by atoms with Gasteiger partial charge in [-0.2, -0.15) is 0 Å². The molecule has 0 saturated carbocycles. The molecule has 0 radical (unpaired) electrons. The van der Waals surface area contributed by atoms with Crippen molar-refractivity contribution in [1.29, 1.82) is 0 Å². The largest absolute Gasteiger partial charge is 0.466 e. The van der Waals surface area contributed by atoms with Crippen LogP contribution in [0.15, 0.2) is 36.4 Å². The number of rotatable bonds is 6. The summed E-state index contributed by atoms with van der Waals surface area (Å²) in [6.45, 7) is 6.38. The maximum Gasteiger partial charge on any atom is 0.306 e. The second kappa shape index (κ2) is 7.13. The number of ether oxygens (including phenoxy) is 1. The van der Waals surface area contributed by atoms with Crippen LogP contribution in [0, 0.1) is 12.8 Å². The topological polar surface area (TPSA) is 57.0 Å². The molecular weight excluding hydrogens is 322 g/mol. The molecular formula is C18H21N3O2S. The van der Waals surface area contributed by atoms with Crippen LogP contribution in [0.5, 0.6) is 0 Å². The molecule has 0 aliphatic carbocycles. The molecule has 0 aliphatic heterocycles. The number of nitrogens with zero attached hydrogens (tertiary/aromatic N) is 3. The molecule has 0 spiro atoms. The number of benzene rings is 1. The molecule has 0 N–H and O–H groups in total. The van der Waals surface area contributed by atoms with E-state index in [0.717, 1.165) is 11.0 Å². The average molecular weight is 343 g/mol. The van der Waals surface area contributed by atoms with Gasteiger partial charge in [0.25, 0.3) is 0 Å². The highest BCUT2D eigenvalue weighted by atomic mass is 32.1. The molecule has 0 fully saturated rings. The Morgan fingerprint density at radius 1 is 1.29 bits per heavy atom. The predicted octanol–water partition coefficient (Wildman–Crippen LogP) is 3.98. The molecule has 0 aliphatic rings. The average Bonchev–Trinajstić information content (AvgIpc) is 3.15. The number of hydrogen-bond acceptors (Lipinski definition) is 5. The van der Waals surface area contributed by atoms with Crippen molar-refractivity contribution in [2.24, 2.45) is 5.92 Å². The molecule has 0 bridgehead atoms. The van der Waals surface area contributed by atoms with Gasteiger partial charge in [0.1, 0.15) is 5.52 Å². The van der Waals surface area contributed by atoms with Gasteiger partial charge in [-0.05, 0) is 44.0 Å². The fourth-order valence-corrected chi connectivity index (χ4v) is 4.04. The summed E-state index contributed by atoms with van der Waals surface area (Å²) in [6, 6.07) is 12.1. The second-order valence-corrected chi connectivity index (χ2v) is 7.22. The lowest BCUT2D eigenvalue weighted by molar-refractivity contribution is -0.144. The fourth-order valence-electron chi connectivity index (χ4n) is 2.94. The Labute approximate surface area is 145 Å². The molecule has 1 aromatic carbocycles. The van der Waals surface area contributed by atoms with Crippen LogP contribution < -0.4 is 0 Å². The highest BCUT2D eigenvalue weighted by Gasteiger charge is 2.27. The Morgan fingerprint density at radius 2 is 2.08 bits per heavy atom. The quantitative estimate of drug-likeness (QED) is 0.635. The van der Waals surface area contributed by atoms with Gasteiger partial charge in [0.15, 0.2) is 0 Å². The minimum absolute atomic E-state index is 0.0412. The summed E-state index contributed by atoms with van der Waals surface area (Å²) in [7, 11) is 0. The van der Waals surface area contributed by atoms with Crippen LogP contribution >= 0.6 is 11.3 Å². The molecule has 126 valence electrons. The van der Waals surface area contributed by atoms with Crippen LogP contribution in [0.4, 0.5) is 0 Å². The van der Waals surface area contributed by atoms with E-state index in [-0.39, 0.29) is 17.9 Å². The van der Waals surface area contributed by atoms with Gasteiger partial charge in [0.05, 0.1) is 24.6 Å². The molecule has 2 aromatic heterocycles. The van der Waals surface area contributed by atoms with E-state index in [0.29, 0.717) is 13.0 Å². The highest BCUT2D eigenvalue weighted by Crippen LogP contribution is 2.35. The van der Waals surface area contributed by atoms with Crippen molar-refractivity contribution < 1.29 is 9.53 Å². The van der Waals surface area contributed by atoms with Crippen molar-refractivity contribution in [3.8, 4) is 0 Å². The lowest BCUT2D eigenvalue weighted by atomic mass is 9.96. The third-order valence-corrected chi connectivity index (χ3v) is 5.10. The van der Waals surface area contributed by atoms with Gasteiger partial charge < -0.3 is 4.74 Å². The number of hydrogen-bond donors (Lipinski definition) is 0. The van der Waals surface area contributed by atoms with Crippen molar-refractivity contribution in [2.45, 2.75) is 33.2 Å². The summed E-state index contributed by atoms with van der Waals surface area (Å²) in [6.07, 6.45) is 0.351. The van der Waals surface area contributed by atoms with Crippen LogP contribution in [-0.2, 0) is 9.53 Å². The van der Waals surface area contributed by atoms with E-state index < -0.39 is 0 Å². The van der Waals surface area contributed by atoms with E-state index >= 15 is 0 Å². The van der Waals surface area contributed by atoms with Crippen LogP contribution in [-0.4, -0.2) is 27.6 Å². The Morgan fingerprint density at radius 3 is 2.79 bits per heavy atom. The van der Waals surface area contributed by atoms with Crippen LogP contribution in [0.25, 0.3) is 11.0 Å². The van der Waals surface area contributed by atoms with Crippen LogP contribution in [0.1, 0.15) is 36.1 Å². The van der Waals surface area contributed by atoms with E-state index in [9.17, 15) is 4.79 Å². The standard InChI is InChI=1S/C18H21N3O2S/c1-4-23-17(22)11-12(2)18(16-10-9-13(3)24-16)21-15-8-6-5-7-14(15)19-20-21/h5-10,12,18H,4,11H2,1-3H3. The maximum absolute atomic E-state index is 12.0. The van der Waals surface area contributed by atoms with Crippen LogP contribution in [0.2, 0.25) is 0 Å². The molecule has 0 amide bonds. The van der Waals surface area contributed by atoms with E-state index in [1.807, 2.05) is 35.9 Å². The first kappa shape index (κ1) is 16.6. The van der Waals surface area contributed by atoms with E-state index in [4.69, 9.17) is 4.74 Å². The van der Waals surface area contributed by atoms with E-state index in [1.165, 1.54) is 9.75 Å². The summed E-state index contributed by atoms with van der Waals surface area (Å²) in [5.74, 6) is -0.125. The van der Waals surface area contributed by atoms with Crippen molar-refractivity contribution in [2.75, 3.05) is 6.61 Å². The molecule has 2 unspecified atom stereocenters. The molecule has 2 atom stereocenters.